The molecule has 0 aliphatic carbocycles. The summed E-state index contributed by atoms with van der Waals surface area (Å²) in [6, 6.07) is -0.658. The van der Waals surface area contributed by atoms with Gasteiger partial charge in [0.25, 0.3) is 0 Å². The molecule has 0 amide bonds. The topological polar surface area (TPSA) is 53.7 Å². The van der Waals surface area contributed by atoms with E-state index in [1.54, 1.807) is 0 Å². The van der Waals surface area contributed by atoms with Crippen LogP contribution in [0.2, 0.25) is 0 Å². The van der Waals surface area contributed by atoms with Crippen LogP contribution in [0.1, 0.15) is 0 Å². The molecule has 1 heterocycles. The van der Waals surface area contributed by atoms with Crippen LogP contribution >= 0.6 is 0 Å². The number of alkyl halides is 1. The van der Waals surface area contributed by atoms with E-state index >= 15 is 0 Å². The van der Waals surface area contributed by atoms with Crippen molar-refractivity contribution in [3.8, 4) is 0 Å². The van der Waals surface area contributed by atoms with Crippen molar-refractivity contribution in [2.24, 2.45) is 5.73 Å². The summed E-state index contributed by atoms with van der Waals surface area (Å²) in [5, 5.41) is 0. The summed E-state index contributed by atoms with van der Waals surface area (Å²) in [6.45, 7) is 0.0229. The first kappa shape index (κ1) is 9.85. The van der Waals surface area contributed by atoms with Gasteiger partial charge in [0, 0.05) is 14.2 Å². The van der Waals surface area contributed by atoms with Gasteiger partial charge in [-0.15, -0.1) is 0 Å². The first-order chi connectivity index (χ1) is 5.70. The van der Waals surface area contributed by atoms with Crippen LogP contribution in [0.5, 0.6) is 0 Å². The van der Waals surface area contributed by atoms with Crippen LogP contribution in [0.3, 0.4) is 0 Å². The molecule has 3 atom stereocenters. The lowest BCUT2D eigenvalue weighted by Crippen LogP contribution is -2.45. The Balaban J connectivity index is 2.51. The van der Waals surface area contributed by atoms with Crippen LogP contribution in [0.15, 0.2) is 0 Å². The number of rotatable bonds is 3. The minimum atomic E-state index is -1.12. The van der Waals surface area contributed by atoms with Gasteiger partial charge in [0.1, 0.15) is 12.3 Å². The lowest BCUT2D eigenvalue weighted by Gasteiger charge is -2.22. The molecule has 2 N–H and O–H groups in total. The van der Waals surface area contributed by atoms with Crippen LogP contribution in [-0.4, -0.2) is 45.4 Å². The average Bonchev–Trinajstić information content (AvgIpc) is 2.38. The minimum Gasteiger partial charge on any atom is -0.368 e. The Kier molecular flexibility index (Phi) is 3.39. The van der Waals surface area contributed by atoms with E-state index in [0.717, 1.165) is 0 Å². The van der Waals surface area contributed by atoms with Gasteiger partial charge in [0.2, 0.25) is 0 Å². The minimum absolute atomic E-state index is 0.0229. The highest BCUT2D eigenvalue weighted by molar-refractivity contribution is 4.89. The van der Waals surface area contributed by atoms with Gasteiger partial charge in [-0.3, -0.25) is 0 Å². The van der Waals surface area contributed by atoms with Crippen LogP contribution in [0.4, 0.5) is 4.39 Å². The predicted octanol–water partition coefficient (Wildman–Crippen LogP) is -0.331. The maximum absolute atomic E-state index is 12.8. The molecule has 0 aromatic rings. The van der Waals surface area contributed by atoms with Crippen molar-refractivity contribution in [1.82, 2.24) is 0 Å². The fourth-order valence-electron chi connectivity index (χ4n) is 1.26. The van der Waals surface area contributed by atoms with E-state index in [0.29, 0.717) is 0 Å². The highest BCUT2D eigenvalue weighted by atomic mass is 19.1. The number of methoxy groups -OCH3 is 2. The number of halogens is 1. The molecule has 12 heavy (non-hydrogen) atoms. The van der Waals surface area contributed by atoms with Gasteiger partial charge in [0.05, 0.1) is 12.6 Å². The fourth-order valence-corrected chi connectivity index (χ4v) is 1.26. The third-order valence-corrected chi connectivity index (χ3v) is 1.98. The summed E-state index contributed by atoms with van der Waals surface area (Å²) in [5.41, 5.74) is 5.51. The first-order valence-corrected chi connectivity index (χ1v) is 3.77. The van der Waals surface area contributed by atoms with E-state index < -0.39 is 24.6 Å². The molecule has 4 nitrogen and oxygen atoms in total. The smallest absolute Gasteiger partial charge is 0.184 e. The zero-order chi connectivity index (χ0) is 9.14. The van der Waals surface area contributed by atoms with Crippen molar-refractivity contribution in [3.63, 3.8) is 0 Å². The Hall–Kier alpha value is -0.230. The zero-order valence-electron chi connectivity index (χ0n) is 7.20. The number of nitrogens with two attached hydrogens (primary N) is 1. The van der Waals surface area contributed by atoms with Crippen LogP contribution in [-0.2, 0) is 14.2 Å². The van der Waals surface area contributed by atoms with Crippen molar-refractivity contribution < 1.29 is 18.6 Å². The molecule has 0 saturated carbocycles. The molecule has 1 saturated heterocycles. The van der Waals surface area contributed by atoms with E-state index in [-0.39, 0.29) is 6.61 Å². The number of hydrogen-bond acceptors (Lipinski definition) is 4. The molecule has 72 valence electrons. The van der Waals surface area contributed by atoms with Gasteiger partial charge in [0.15, 0.2) is 6.29 Å². The van der Waals surface area contributed by atoms with Gasteiger partial charge in [-0.2, -0.15) is 0 Å². The second kappa shape index (κ2) is 4.13. The van der Waals surface area contributed by atoms with Gasteiger partial charge >= 0.3 is 0 Å². The summed E-state index contributed by atoms with van der Waals surface area (Å²) in [5.74, 6) is 0. The molecular formula is C7H14FNO3. The van der Waals surface area contributed by atoms with Gasteiger partial charge in [-0.1, -0.05) is 0 Å². The fraction of sp³-hybridized carbons (Fsp3) is 1.00. The predicted molar refractivity (Wildman–Crippen MR) is 40.4 cm³/mol. The van der Waals surface area contributed by atoms with Crippen molar-refractivity contribution in [1.29, 1.82) is 0 Å². The summed E-state index contributed by atoms with van der Waals surface area (Å²) in [7, 11) is 2.94. The molecule has 1 aliphatic rings. The first-order valence-electron chi connectivity index (χ1n) is 3.77. The van der Waals surface area contributed by atoms with Crippen molar-refractivity contribution in [2.75, 3.05) is 20.8 Å². The number of hydrogen-bond donors (Lipinski definition) is 1. The lowest BCUT2D eigenvalue weighted by molar-refractivity contribution is -0.170. The molecule has 3 unspecified atom stereocenters. The summed E-state index contributed by atoms with van der Waals surface area (Å²) >= 11 is 0. The number of ether oxygens (including phenoxy) is 3. The molecular weight excluding hydrogens is 165 g/mol. The highest BCUT2D eigenvalue weighted by Gasteiger charge is 2.40. The molecule has 0 radical (unpaired) electrons. The van der Waals surface area contributed by atoms with Crippen molar-refractivity contribution in [2.45, 2.75) is 24.6 Å². The molecule has 0 aromatic heterocycles. The molecule has 1 rings (SSSR count). The van der Waals surface area contributed by atoms with E-state index in [2.05, 4.69) is 0 Å². The van der Waals surface area contributed by atoms with Crippen molar-refractivity contribution >= 4 is 0 Å². The lowest BCUT2D eigenvalue weighted by atomic mass is 10.1. The molecule has 0 bridgehead atoms. The maximum atomic E-state index is 12.8. The van der Waals surface area contributed by atoms with Gasteiger partial charge in [-0.05, 0) is 0 Å². The van der Waals surface area contributed by atoms with Crippen molar-refractivity contribution in [3.05, 3.63) is 0 Å². The van der Waals surface area contributed by atoms with E-state index in [1.807, 2.05) is 0 Å². The molecule has 1 fully saturated rings. The Morgan fingerprint density at radius 1 is 1.50 bits per heavy atom. The standard InChI is InChI=1S/C7H14FNO3/c1-10-7(11-2)6-5(9)4(8)3-12-6/h4-7H,3,9H2,1-2H3. The molecule has 0 spiro atoms. The monoisotopic (exact) mass is 179 g/mol. The molecule has 5 heteroatoms. The van der Waals surface area contributed by atoms with E-state index in [1.165, 1.54) is 14.2 Å². The summed E-state index contributed by atoms with van der Waals surface area (Å²) in [4.78, 5) is 0. The molecule has 0 aromatic carbocycles. The van der Waals surface area contributed by atoms with E-state index in [9.17, 15) is 4.39 Å². The van der Waals surface area contributed by atoms with E-state index in [4.69, 9.17) is 19.9 Å². The van der Waals surface area contributed by atoms with Gasteiger partial charge < -0.3 is 19.9 Å². The second-order valence-corrected chi connectivity index (χ2v) is 2.73. The van der Waals surface area contributed by atoms with Crippen LogP contribution in [0.25, 0.3) is 0 Å². The normalized spacial score (nSPS) is 36.2. The SMILES string of the molecule is COC(OC)C1OCC(F)C1N. The third kappa shape index (κ3) is 1.74. The van der Waals surface area contributed by atoms with Gasteiger partial charge in [-0.25, -0.2) is 4.39 Å². The van der Waals surface area contributed by atoms with Crippen LogP contribution in [0, 0.1) is 0 Å². The Morgan fingerprint density at radius 2 is 2.08 bits per heavy atom. The quantitative estimate of drug-likeness (QED) is 0.603. The Bertz CT molecular complexity index is 143. The van der Waals surface area contributed by atoms with Crippen LogP contribution < -0.4 is 5.73 Å². The maximum Gasteiger partial charge on any atom is 0.184 e. The Labute approximate surface area is 70.8 Å². The molecule has 1 aliphatic heterocycles. The third-order valence-electron chi connectivity index (χ3n) is 1.98. The summed E-state index contributed by atoms with van der Waals surface area (Å²) in [6.07, 6.45) is -2.21. The second-order valence-electron chi connectivity index (χ2n) is 2.73. The summed E-state index contributed by atoms with van der Waals surface area (Å²) < 4.78 is 27.7. The highest BCUT2D eigenvalue weighted by Crippen LogP contribution is 2.19. The Morgan fingerprint density at radius 3 is 2.42 bits per heavy atom. The zero-order valence-corrected chi connectivity index (χ0v) is 7.20. The largest absolute Gasteiger partial charge is 0.368 e. The average molecular weight is 179 g/mol.